The molecule has 128 valence electrons. The summed E-state index contributed by atoms with van der Waals surface area (Å²) in [6, 6.07) is 14.5. The van der Waals surface area contributed by atoms with Crippen LogP contribution in [-0.4, -0.2) is 48.3 Å². The molecule has 0 saturated heterocycles. The largest absolute Gasteiger partial charge is 0.478 e. The van der Waals surface area contributed by atoms with E-state index in [0.29, 0.717) is 15.0 Å². The minimum absolute atomic E-state index is 0.0277. The van der Waals surface area contributed by atoms with Crippen molar-refractivity contribution >= 4 is 31.4 Å². The van der Waals surface area contributed by atoms with Gasteiger partial charge in [0.1, 0.15) is 0 Å². The van der Waals surface area contributed by atoms with E-state index < -0.39 is 11.9 Å². The molecular formula is C18H20O5Se. The topological polar surface area (TPSA) is 94.8 Å². The van der Waals surface area contributed by atoms with Gasteiger partial charge in [0.2, 0.25) is 0 Å². The van der Waals surface area contributed by atoms with Gasteiger partial charge in [-0.2, -0.15) is 0 Å². The summed E-state index contributed by atoms with van der Waals surface area (Å²) in [5, 5.41) is 27.3. The van der Waals surface area contributed by atoms with Crippen molar-refractivity contribution in [1.29, 1.82) is 0 Å². The smallest absolute Gasteiger partial charge is 0.335 e. The number of hydrogen-bond donors (Lipinski definition) is 3. The van der Waals surface area contributed by atoms with Gasteiger partial charge in [0.15, 0.2) is 0 Å². The zero-order chi connectivity index (χ0) is 18.1. The van der Waals surface area contributed by atoms with E-state index in [1.54, 1.807) is 0 Å². The summed E-state index contributed by atoms with van der Waals surface area (Å²) in [7, 11) is 0. The second-order valence-electron chi connectivity index (χ2n) is 5.06. The fourth-order valence-corrected chi connectivity index (χ4v) is 3.48. The Morgan fingerprint density at radius 1 is 0.958 bits per heavy atom. The maximum atomic E-state index is 10.6. The van der Waals surface area contributed by atoms with Crippen molar-refractivity contribution in [3.8, 4) is 0 Å². The van der Waals surface area contributed by atoms with Crippen LogP contribution in [0.4, 0.5) is 0 Å². The molecule has 0 aromatic heterocycles. The summed E-state index contributed by atoms with van der Waals surface area (Å²) >= 11 is 0.440. The van der Waals surface area contributed by atoms with Gasteiger partial charge in [-0.15, -0.1) is 0 Å². The number of aliphatic hydroxyl groups is 1. The monoisotopic (exact) mass is 396 g/mol. The first-order valence-electron chi connectivity index (χ1n) is 7.25. The van der Waals surface area contributed by atoms with Crippen molar-refractivity contribution in [1.82, 2.24) is 0 Å². The standard InChI is InChI=1S/C9H8O4.C9H12OSe/c1-5-6(8(10)11)3-2-4-7(5)9(12)13;1-8(10)7-11-9-5-3-2-4-6-9/h2-4H,1H3,(H,10,11)(H,12,13);2-6,8,10H,7H2,1H3. The predicted molar refractivity (Wildman–Crippen MR) is 93.4 cm³/mol. The van der Waals surface area contributed by atoms with Crippen LogP contribution in [0, 0.1) is 6.92 Å². The van der Waals surface area contributed by atoms with Gasteiger partial charge >= 0.3 is 85.1 Å². The molecule has 1 atom stereocenters. The average Bonchev–Trinajstić information content (AvgIpc) is 2.54. The fraction of sp³-hybridized carbons (Fsp3) is 0.222. The van der Waals surface area contributed by atoms with Crippen LogP contribution >= 0.6 is 0 Å². The molecule has 0 amide bonds. The SMILES string of the molecule is CC(O)C[Se]c1ccccc1.Cc1c(C(=O)O)cccc1C(=O)O. The molecule has 6 heteroatoms. The molecule has 0 aliphatic rings. The van der Waals surface area contributed by atoms with Gasteiger partial charge in [-0.05, 0) is 24.6 Å². The molecular weight excluding hydrogens is 375 g/mol. The summed E-state index contributed by atoms with van der Waals surface area (Å²) in [6.07, 6.45) is -0.157. The average molecular weight is 395 g/mol. The minimum Gasteiger partial charge on any atom is -0.478 e. The number of aliphatic hydroxyl groups excluding tert-OH is 1. The Kier molecular flexibility index (Phi) is 8.19. The first-order valence-corrected chi connectivity index (χ1v) is 9.31. The maximum Gasteiger partial charge on any atom is 0.335 e. The van der Waals surface area contributed by atoms with E-state index in [9.17, 15) is 9.59 Å². The predicted octanol–water partition coefficient (Wildman–Crippen LogP) is 2.21. The van der Waals surface area contributed by atoms with Crippen LogP contribution in [0.2, 0.25) is 5.32 Å². The van der Waals surface area contributed by atoms with Crippen molar-refractivity contribution in [3.63, 3.8) is 0 Å². The van der Waals surface area contributed by atoms with E-state index in [2.05, 4.69) is 12.1 Å². The van der Waals surface area contributed by atoms with Gasteiger partial charge in [0, 0.05) is 0 Å². The van der Waals surface area contributed by atoms with Gasteiger partial charge in [-0.3, -0.25) is 0 Å². The minimum atomic E-state index is -1.11. The summed E-state index contributed by atoms with van der Waals surface area (Å²) in [4.78, 5) is 21.2. The van der Waals surface area contributed by atoms with E-state index in [1.165, 1.54) is 29.6 Å². The van der Waals surface area contributed by atoms with E-state index in [0.717, 1.165) is 5.32 Å². The quantitative estimate of drug-likeness (QED) is 0.675. The van der Waals surface area contributed by atoms with Gasteiger partial charge < -0.3 is 10.2 Å². The van der Waals surface area contributed by atoms with Gasteiger partial charge in [-0.1, -0.05) is 6.07 Å². The molecule has 2 aromatic rings. The van der Waals surface area contributed by atoms with Gasteiger partial charge in [0.25, 0.3) is 0 Å². The zero-order valence-electron chi connectivity index (χ0n) is 13.5. The number of carboxylic acid groups (broad SMARTS) is 2. The van der Waals surface area contributed by atoms with Gasteiger partial charge in [-0.25, -0.2) is 9.59 Å². The molecule has 24 heavy (non-hydrogen) atoms. The van der Waals surface area contributed by atoms with Crippen molar-refractivity contribution in [2.45, 2.75) is 25.3 Å². The third-order valence-corrected chi connectivity index (χ3v) is 5.66. The third-order valence-electron chi connectivity index (χ3n) is 3.03. The van der Waals surface area contributed by atoms with Crippen LogP contribution in [-0.2, 0) is 0 Å². The van der Waals surface area contributed by atoms with Crippen molar-refractivity contribution in [2.24, 2.45) is 0 Å². The van der Waals surface area contributed by atoms with E-state index >= 15 is 0 Å². The van der Waals surface area contributed by atoms with E-state index in [1.807, 2.05) is 25.1 Å². The van der Waals surface area contributed by atoms with Gasteiger partial charge in [0.05, 0.1) is 11.1 Å². The Morgan fingerprint density at radius 3 is 1.88 bits per heavy atom. The first-order chi connectivity index (χ1) is 11.3. The van der Waals surface area contributed by atoms with Crippen LogP contribution in [0.5, 0.6) is 0 Å². The second-order valence-corrected chi connectivity index (χ2v) is 7.36. The van der Waals surface area contributed by atoms with Crippen LogP contribution in [0.25, 0.3) is 0 Å². The van der Waals surface area contributed by atoms with Crippen LogP contribution < -0.4 is 4.46 Å². The summed E-state index contributed by atoms with van der Waals surface area (Å²) in [5.74, 6) is -2.22. The third kappa shape index (κ3) is 6.54. The molecule has 3 N–H and O–H groups in total. The molecule has 1 unspecified atom stereocenters. The van der Waals surface area contributed by atoms with E-state index in [4.69, 9.17) is 15.3 Å². The summed E-state index contributed by atoms with van der Waals surface area (Å²) in [6.45, 7) is 3.32. The van der Waals surface area contributed by atoms with Crippen LogP contribution in [0.3, 0.4) is 0 Å². The Labute approximate surface area is 147 Å². The molecule has 2 rings (SSSR count). The van der Waals surface area contributed by atoms with Crippen molar-refractivity contribution in [3.05, 3.63) is 65.2 Å². The molecule has 0 aliphatic carbocycles. The Balaban J connectivity index is 0.000000243. The normalized spacial score (nSPS) is 11.1. The van der Waals surface area contributed by atoms with Crippen LogP contribution in [0.1, 0.15) is 33.2 Å². The summed E-state index contributed by atoms with van der Waals surface area (Å²) in [5.41, 5.74) is 0.335. The molecule has 0 saturated carbocycles. The van der Waals surface area contributed by atoms with Crippen LogP contribution in [0.15, 0.2) is 48.5 Å². The Hall–Kier alpha value is -2.14. The molecule has 0 aliphatic heterocycles. The summed E-state index contributed by atoms with van der Waals surface area (Å²) < 4.78 is 1.36. The molecule has 0 bridgehead atoms. The number of carboxylic acids is 2. The number of hydrogen-bond acceptors (Lipinski definition) is 3. The molecule has 0 heterocycles. The molecule has 2 aromatic carbocycles. The Morgan fingerprint density at radius 2 is 1.46 bits per heavy atom. The van der Waals surface area contributed by atoms with Crippen molar-refractivity contribution in [2.75, 3.05) is 0 Å². The number of carbonyl (C=O) groups is 2. The first kappa shape index (κ1) is 19.9. The maximum absolute atomic E-state index is 10.6. The van der Waals surface area contributed by atoms with Crippen molar-refractivity contribution < 1.29 is 24.9 Å². The van der Waals surface area contributed by atoms with E-state index in [-0.39, 0.29) is 22.8 Å². The second kappa shape index (κ2) is 9.88. The molecule has 5 nitrogen and oxygen atoms in total. The number of benzene rings is 2. The zero-order valence-corrected chi connectivity index (χ0v) is 15.2. The molecule has 0 spiro atoms. The number of rotatable bonds is 5. The fourth-order valence-electron chi connectivity index (χ4n) is 1.83. The molecule has 0 radical (unpaired) electrons. The Bertz CT molecular complexity index is 651. The number of aromatic carboxylic acids is 2. The molecule has 0 fully saturated rings.